The molecule has 0 spiro atoms. The molecule has 0 bridgehead atoms. The summed E-state index contributed by atoms with van der Waals surface area (Å²) in [6, 6.07) is 10.2. The van der Waals surface area contributed by atoms with Crippen molar-refractivity contribution < 1.29 is 41.4 Å². The van der Waals surface area contributed by atoms with Gasteiger partial charge in [0.15, 0.2) is 0 Å². The van der Waals surface area contributed by atoms with E-state index in [1.165, 1.54) is 42.3 Å². The number of hydrogen-bond acceptors (Lipinski definition) is 6. The minimum Gasteiger partial charge on any atom is -0.478 e. The largest absolute Gasteiger partial charge is 0.478 e. The van der Waals surface area contributed by atoms with Gasteiger partial charge in [0.2, 0.25) is 5.95 Å². The quantitative estimate of drug-likeness (QED) is 0.201. The van der Waals surface area contributed by atoms with Crippen LogP contribution in [0.5, 0.6) is 0 Å². The number of nitrogens with zero attached hydrogens (tertiary/aromatic N) is 4. The Morgan fingerprint density at radius 1 is 0.979 bits per heavy atom. The lowest BCUT2D eigenvalue weighted by Gasteiger charge is -2.34. The van der Waals surface area contributed by atoms with Crippen LogP contribution in [-0.2, 0) is 17.5 Å². The molecule has 4 aromatic rings. The number of aromatic carboxylic acids is 1. The van der Waals surface area contributed by atoms with Gasteiger partial charge in [-0.15, -0.1) is 0 Å². The molecule has 2 aliphatic heterocycles. The highest BCUT2D eigenvalue weighted by Gasteiger charge is 2.42. The van der Waals surface area contributed by atoms with Crippen LogP contribution in [0.25, 0.3) is 22.3 Å². The summed E-state index contributed by atoms with van der Waals surface area (Å²) in [5, 5.41) is 9.38. The van der Waals surface area contributed by atoms with Gasteiger partial charge in [0.1, 0.15) is 18.1 Å². The van der Waals surface area contributed by atoms with E-state index >= 15 is 4.39 Å². The maximum Gasteiger partial charge on any atom is 0.416 e. The highest BCUT2D eigenvalue weighted by molar-refractivity contribution is 5.89. The maximum absolute atomic E-state index is 15.5. The minimum atomic E-state index is -4.59. The van der Waals surface area contributed by atoms with Gasteiger partial charge in [-0.1, -0.05) is 17.7 Å². The summed E-state index contributed by atoms with van der Waals surface area (Å²) in [6.07, 6.45) is -5.86. The first-order valence-electron chi connectivity index (χ1n) is 15.2. The number of alkyl halides is 4. The molecule has 1 amide bonds. The zero-order valence-corrected chi connectivity index (χ0v) is 26.4. The Morgan fingerprint density at radius 3 is 2.33 bits per heavy atom. The van der Waals surface area contributed by atoms with Gasteiger partial charge in [0.05, 0.1) is 42.5 Å². The molecule has 3 aromatic carbocycles. The Hall–Kier alpha value is -5.07. The molecule has 1 aromatic heterocycles. The first-order chi connectivity index (χ1) is 22.6. The lowest BCUT2D eigenvalue weighted by molar-refractivity contribution is -0.137. The minimum absolute atomic E-state index is 0.0574. The van der Waals surface area contributed by atoms with Crippen molar-refractivity contribution in [2.45, 2.75) is 58.7 Å². The number of cyclic esters (lactones) is 1. The molecule has 6 rings (SSSR count). The Balaban J connectivity index is 1.40. The number of ether oxygens (including phenoxy) is 1. The van der Waals surface area contributed by atoms with Crippen LogP contribution < -0.4 is 4.90 Å². The van der Waals surface area contributed by atoms with E-state index in [2.05, 4.69) is 4.98 Å². The summed E-state index contributed by atoms with van der Waals surface area (Å²) < 4.78 is 75.6. The van der Waals surface area contributed by atoms with Gasteiger partial charge in [-0.2, -0.15) is 13.2 Å². The van der Waals surface area contributed by atoms with Crippen molar-refractivity contribution in [2.75, 3.05) is 18.0 Å². The van der Waals surface area contributed by atoms with Crippen molar-refractivity contribution in [3.63, 3.8) is 0 Å². The van der Waals surface area contributed by atoms with Crippen molar-refractivity contribution in [2.24, 2.45) is 0 Å². The molecular weight excluding hydrogens is 635 g/mol. The molecule has 250 valence electrons. The average molecular weight is 667 g/mol. The third-order valence-electron chi connectivity index (χ3n) is 8.81. The molecule has 2 saturated heterocycles. The normalized spacial score (nSPS) is 18.2. The predicted octanol–water partition coefficient (Wildman–Crippen LogP) is 7.83. The average Bonchev–Trinajstić information content (AvgIpc) is 3.28. The van der Waals surface area contributed by atoms with Gasteiger partial charge < -0.3 is 14.7 Å². The molecule has 2 fully saturated rings. The first-order valence-corrected chi connectivity index (χ1v) is 15.2. The van der Waals surface area contributed by atoms with E-state index in [-0.39, 0.29) is 42.3 Å². The number of hydrogen-bond donors (Lipinski definition) is 1. The summed E-state index contributed by atoms with van der Waals surface area (Å²) in [5.41, 5.74) is 2.84. The standard InChI is InChI=1S/C35H31F5N4O4/c1-17-7-22(11-23(8-17)35(38,39)40)31-20(4)44(34(47)48-31)16-30-28(13-41-33(42-30)43-14-24(36)15-43)26-12-27(29(37)10-19(26)3)25-6-5-21(32(45)46)9-18(25)2/h5-13,20,24,31H,14-16H2,1-4H3,(H,45,46)/t20-,31-/m0/s1. The smallest absolute Gasteiger partial charge is 0.416 e. The number of aryl methyl sites for hydroxylation is 3. The molecule has 13 heteroatoms. The summed E-state index contributed by atoms with van der Waals surface area (Å²) >= 11 is 0. The highest BCUT2D eigenvalue weighted by Crippen LogP contribution is 2.40. The number of amides is 1. The molecule has 3 heterocycles. The van der Waals surface area contributed by atoms with Gasteiger partial charge in [-0.25, -0.2) is 28.3 Å². The molecule has 0 unspecified atom stereocenters. The molecule has 1 N–H and O–H groups in total. The topological polar surface area (TPSA) is 95.9 Å². The first kappa shape index (κ1) is 32.9. The SMILES string of the molecule is Cc1cc([C@H]2OC(=O)N(Cc3nc(N4CC(F)C4)ncc3-c3cc(-c4ccc(C(=O)O)cc4C)c(F)cc3C)[C@H]2C)cc(C(F)(F)F)c1. The number of carboxylic acid groups (broad SMARTS) is 1. The van der Waals surface area contributed by atoms with Crippen molar-refractivity contribution in [3.8, 4) is 22.3 Å². The molecule has 2 aliphatic rings. The van der Waals surface area contributed by atoms with E-state index in [1.807, 2.05) is 0 Å². The second-order valence-corrected chi connectivity index (χ2v) is 12.3. The summed E-state index contributed by atoms with van der Waals surface area (Å²) in [5.74, 6) is -1.42. The van der Waals surface area contributed by atoms with Crippen LogP contribution in [0.3, 0.4) is 0 Å². The van der Waals surface area contributed by atoms with Crippen molar-refractivity contribution in [1.82, 2.24) is 14.9 Å². The second-order valence-electron chi connectivity index (χ2n) is 12.3. The van der Waals surface area contributed by atoms with Gasteiger partial charge in [-0.05, 0) is 91.9 Å². The molecule has 2 atom stereocenters. The number of anilines is 1. The molecular formula is C35H31F5N4O4. The van der Waals surface area contributed by atoms with Crippen LogP contribution in [0.1, 0.15) is 56.9 Å². The van der Waals surface area contributed by atoms with Gasteiger partial charge in [0, 0.05) is 17.3 Å². The fourth-order valence-corrected chi connectivity index (χ4v) is 6.22. The Morgan fingerprint density at radius 2 is 1.69 bits per heavy atom. The molecule has 8 nitrogen and oxygen atoms in total. The number of benzene rings is 3. The fraction of sp³-hybridized carbons (Fsp3) is 0.314. The van der Waals surface area contributed by atoms with Gasteiger partial charge >= 0.3 is 18.2 Å². The van der Waals surface area contributed by atoms with Crippen LogP contribution >= 0.6 is 0 Å². The van der Waals surface area contributed by atoms with E-state index in [0.717, 1.165) is 12.1 Å². The van der Waals surface area contributed by atoms with Gasteiger partial charge in [-0.3, -0.25) is 4.90 Å². The number of carboxylic acids is 1. The van der Waals surface area contributed by atoms with E-state index in [4.69, 9.17) is 9.72 Å². The summed E-state index contributed by atoms with van der Waals surface area (Å²) in [4.78, 5) is 36.9. The molecule has 0 radical (unpaired) electrons. The number of aromatic nitrogens is 2. The van der Waals surface area contributed by atoms with E-state index in [0.29, 0.717) is 39.1 Å². The van der Waals surface area contributed by atoms with Gasteiger partial charge in [0.25, 0.3) is 0 Å². The number of rotatable bonds is 7. The van der Waals surface area contributed by atoms with Crippen molar-refractivity contribution in [1.29, 1.82) is 0 Å². The van der Waals surface area contributed by atoms with E-state index in [9.17, 15) is 32.3 Å². The predicted molar refractivity (Wildman–Crippen MR) is 167 cm³/mol. The summed E-state index contributed by atoms with van der Waals surface area (Å²) in [6.45, 7) is 6.61. The van der Waals surface area contributed by atoms with Crippen LogP contribution in [0.4, 0.5) is 32.7 Å². The lowest BCUT2D eigenvalue weighted by Crippen LogP contribution is -2.49. The maximum atomic E-state index is 15.5. The highest BCUT2D eigenvalue weighted by atomic mass is 19.4. The van der Waals surface area contributed by atoms with Crippen molar-refractivity contribution >= 4 is 18.0 Å². The van der Waals surface area contributed by atoms with Crippen LogP contribution in [0, 0.1) is 26.6 Å². The molecule has 48 heavy (non-hydrogen) atoms. The van der Waals surface area contributed by atoms with Crippen LogP contribution in [0.2, 0.25) is 0 Å². The second kappa shape index (κ2) is 12.2. The Kier molecular flexibility index (Phi) is 8.34. The zero-order valence-electron chi connectivity index (χ0n) is 26.4. The van der Waals surface area contributed by atoms with Crippen LogP contribution in [0.15, 0.2) is 54.7 Å². The zero-order chi connectivity index (χ0) is 34.7. The number of carbonyl (C=O) groups excluding carboxylic acids is 1. The number of halogens is 5. The fourth-order valence-electron chi connectivity index (χ4n) is 6.22. The van der Waals surface area contributed by atoms with Crippen molar-refractivity contribution in [3.05, 3.63) is 99.6 Å². The number of carbonyl (C=O) groups is 2. The lowest BCUT2D eigenvalue weighted by atomic mass is 9.92. The van der Waals surface area contributed by atoms with Crippen LogP contribution in [-0.4, -0.2) is 57.3 Å². The molecule has 0 saturated carbocycles. The third-order valence-corrected chi connectivity index (χ3v) is 8.81. The Labute approximate surface area is 272 Å². The monoisotopic (exact) mass is 666 g/mol. The Bertz CT molecular complexity index is 1940. The summed E-state index contributed by atoms with van der Waals surface area (Å²) in [7, 11) is 0. The van der Waals surface area contributed by atoms with E-state index in [1.54, 1.807) is 37.8 Å². The third kappa shape index (κ3) is 6.16. The van der Waals surface area contributed by atoms with E-state index < -0.39 is 47.9 Å². The molecule has 0 aliphatic carbocycles.